The molecule has 0 bridgehead atoms. The average Bonchev–Trinajstić information content (AvgIpc) is 2.74. The summed E-state index contributed by atoms with van der Waals surface area (Å²) in [5.41, 5.74) is 6.92. The minimum absolute atomic E-state index is 0.0451. The second-order valence-corrected chi connectivity index (χ2v) is 5.47. The zero-order valence-corrected chi connectivity index (χ0v) is 10.6. The number of nitrogens with zero attached hydrogens (tertiary/aromatic N) is 2. The molecule has 88 valence electrons. The summed E-state index contributed by atoms with van der Waals surface area (Å²) < 4.78 is 0. The molecule has 2 heterocycles. The molecule has 2 rings (SSSR count). The van der Waals surface area contributed by atoms with Crippen LogP contribution in [0.25, 0.3) is 0 Å². The van der Waals surface area contributed by atoms with Crippen LogP contribution in [0.2, 0.25) is 0 Å². The molecule has 0 aliphatic carbocycles. The van der Waals surface area contributed by atoms with Crippen molar-refractivity contribution < 1.29 is 4.79 Å². The fourth-order valence-corrected chi connectivity index (χ4v) is 2.88. The van der Waals surface area contributed by atoms with Crippen molar-refractivity contribution in [3.63, 3.8) is 0 Å². The monoisotopic (exact) mass is 239 g/mol. The van der Waals surface area contributed by atoms with Crippen LogP contribution >= 0.6 is 11.3 Å². The predicted octanol–water partition coefficient (Wildman–Crippen LogP) is 1.50. The Morgan fingerprint density at radius 1 is 1.62 bits per heavy atom. The zero-order chi connectivity index (χ0) is 11.9. The lowest BCUT2D eigenvalue weighted by molar-refractivity contribution is -0.127. The number of rotatable bonds is 2. The largest absolute Gasteiger partial charge is 0.335 e. The van der Waals surface area contributed by atoms with E-state index in [1.165, 1.54) is 0 Å². The molecule has 1 amide bonds. The number of hydrogen-bond donors (Lipinski definition) is 1. The van der Waals surface area contributed by atoms with Crippen LogP contribution < -0.4 is 5.73 Å². The summed E-state index contributed by atoms with van der Waals surface area (Å²) in [7, 11) is 1.80. The molecule has 0 spiro atoms. The minimum Gasteiger partial charge on any atom is -0.335 e. The van der Waals surface area contributed by atoms with E-state index in [2.05, 4.69) is 18.8 Å². The Balaban J connectivity index is 2.26. The van der Waals surface area contributed by atoms with Gasteiger partial charge in [-0.15, -0.1) is 11.3 Å². The highest BCUT2D eigenvalue weighted by Crippen LogP contribution is 2.32. The lowest BCUT2D eigenvalue weighted by Crippen LogP contribution is -2.30. The molecule has 4 nitrogen and oxygen atoms in total. The second kappa shape index (κ2) is 4.14. The number of amides is 1. The lowest BCUT2D eigenvalue weighted by atomic mass is 10.1. The van der Waals surface area contributed by atoms with Crippen molar-refractivity contribution in [2.24, 2.45) is 5.73 Å². The maximum Gasteiger partial charge on any atom is 0.224 e. The molecule has 16 heavy (non-hydrogen) atoms. The topological polar surface area (TPSA) is 59.2 Å². The molecule has 1 aromatic heterocycles. The van der Waals surface area contributed by atoms with Crippen LogP contribution in [0, 0.1) is 0 Å². The van der Waals surface area contributed by atoms with Crippen LogP contribution in [0.5, 0.6) is 0 Å². The van der Waals surface area contributed by atoms with Gasteiger partial charge in [-0.2, -0.15) is 0 Å². The smallest absolute Gasteiger partial charge is 0.224 e. The van der Waals surface area contributed by atoms with Crippen LogP contribution in [0.1, 0.15) is 42.9 Å². The molecular formula is C11H17N3OS. The first-order valence-corrected chi connectivity index (χ1v) is 6.35. The number of thiazole rings is 1. The number of likely N-dealkylation sites (N-methyl/N-ethyl adjacent to an activating group) is 1. The molecule has 1 fully saturated rings. The van der Waals surface area contributed by atoms with E-state index in [9.17, 15) is 4.79 Å². The van der Waals surface area contributed by atoms with Crippen molar-refractivity contribution >= 4 is 17.2 Å². The number of likely N-dealkylation sites (tertiary alicyclic amines) is 1. The molecule has 0 radical (unpaired) electrons. The second-order valence-electron chi connectivity index (χ2n) is 4.58. The van der Waals surface area contributed by atoms with E-state index >= 15 is 0 Å². The van der Waals surface area contributed by atoms with Gasteiger partial charge in [-0.25, -0.2) is 4.98 Å². The number of nitrogens with two attached hydrogens (primary N) is 1. The first-order chi connectivity index (χ1) is 7.50. The van der Waals surface area contributed by atoms with Crippen molar-refractivity contribution in [3.05, 3.63) is 16.1 Å². The maximum atomic E-state index is 11.5. The van der Waals surface area contributed by atoms with Crippen molar-refractivity contribution in [2.75, 3.05) is 7.05 Å². The van der Waals surface area contributed by atoms with Gasteiger partial charge in [-0.1, -0.05) is 13.8 Å². The number of aromatic nitrogens is 1. The van der Waals surface area contributed by atoms with Crippen molar-refractivity contribution in [1.29, 1.82) is 0 Å². The standard InChI is InChI=1S/C11H17N3OS/c1-6(2)11-13-8(5-16-11)10-7(12)4-9(15)14(10)3/h5-7,10H,4,12H2,1-3H3/t7-,10-/m0/s1. The fraction of sp³-hybridized carbons (Fsp3) is 0.636. The summed E-state index contributed by atoms with van der Waals surface area (Å²) in [5.74, 6) is 0.536. The summed E-state index contributed by atoms with van der Waals surface area (Å²) in [6.07, 6.45) is 0.426. The quantitative estimate of drug-likeness (QED) is 0.850. The molecule has 0 saturated carbocycles. The maximum absolute atomic E-state index is 11.5. The molecule has 2 atom stereocenters. The Kier molecular flexibility index (Phi) is 2.99. The molecule has 0 aromatic carbocycles. The third kappa shape index (κ3) is 1.85. The third-order valence-corrected chi connectivity index (χ3v) is 4.13. The molecule has 5 heteroatoms. The van der Waals surface area contributed by atoms with Gasteiger partial charge in [0.2, 0.25) is 5.91 Å². The first-order valence-electron chi connectivity index (χ1n) is 5.47. The Hall–Kier alpha value is -0.940. The van der Waals surface area contributed by atoms with E-state index in [-0.39, 0.29) is 18.0 Å². The summed E-state index contributed by atoms with van der Waals surface area (Å²) in [5, 5.41) is 3.13. The Labute approximate surface area is 99.5 Å². The van der Waals surface area contributed by atoms with Gasteiger partial charge >= 0.3 is 0 Å². The fourth-order valence-electron chi connectivity index (χ4n) is 2.02. The highest BCUT2D eigenvalue weighted by molar-refractivity contribution is 7.09. The van der Waals surface area contributed by atoms with Gasteiger partial charge in [-0.3, -0.25) is 4.79 Å². The molecule has 1 saturated heterocycles. The van der Waals surface area contributed by atoms with E-state index in [0.29, 0.717) is 12.3 Å². The van der Waals surface area contributed by atoms with Gasteiger partial charge in [-0.05, 0) is 0 Å². The third-order valence-electron chi connectivity index (χ3n) is 2.96. The van der Waals surface area contributed by atoms with Gasteiger partial charge in [0.15, 0.2) is 0 Å². The van der Waals surface area contributed by atoms with E-state index in [1.54, 1.807) is 23.3 Å². The van der Waals surface area contributed by atoms with Crippen LogP contribution in [-0.2, 0) is 4.79 Å². The van der Waals surface area contributed by atoms with Crippen LogP contribution in [0.4, 0.5) is 0 Å². The zero-order valence-electron chi connectivity index (χ0n) is 9.80. The molecule has 1 aliphatic rings. The molecule has 2 N–H and O–H groups in total. The normalized spacial score (nSPS) is 25.8. The number of carbonyl (C=O) groups excluding carboxylic acids is 1. The molecule has 0 unspecified atom stereocenters. The highest BCUT2D eigenvalue weighted by Gasteiger charge is 2.37. The van der Waals surface area contributed by atoms with Crippen molar-refractivity contribution in [3.8, 4) is 0 Å². The Bertz CT molecular complexity index is 402. The highest BCUT2D eigenvalue weighted by atomic mass is 32.1. The van der Waals surface area contributed by atoms with Gasteiger partial charge < -0.3 is 10.6 Å². The number of hydrogen-bond acceptors (Lipinski definition) is 4. The predicted molar refractivity (Wildman–Crippen MR) is 64.3 cm³/mol. The van der Waals surface area contributed by atoms with E-state index < -0.39 is 0 Å². The van der Waals surface area contributed by atoms with Crippen molar-refractivity contribution in [2.45, 2.75) is 38.3 Å². The van der Waals surface area contributed by atoms with Gasteiger partial charge in [0.25, 0.3) is 0 Å². The summed E-state index contributed by atoms with van der Waals surface area (Å²) in [6, 6.07) is -0.170. The minimum atomic E-state index is -0.125. The van der Waals surface area contributed by atoms with Crippen molar-refractivity contribution in [1.82, 2.24) is 9.88 Å². The van der Waals surface area contributed by atoms with Gasteiger partial charge in [0.1, 0.15) is 0 Å². The van der Waals surface area contributed by atoms with Gasteiger partial charge in [0, 0.05) is 30.8 Å². The summed E-state index contributed by atoms with van der Waals surface area (Å²) in [6.45, 7) is 4.23. The summed E-state index contributed by atoms with van der Waals surface area (Å²) >= 11 is 1.65. The Morgan fingerprint density at radius 2 is 2.31 bits per heavy atom. The SMILES string of the molecule is CC(C)c1nc([C@@H]2[C@@H](N)CC(=O)N2C)cs1. The van der Waals surface area contributed by atoms with Crippen LogP contribution in [-0.4, -0.2) is 28.9 Å². The van der Waals surface area contributed by atoms with Crippen LogP contribution in [0.15, 0.2) is 5.38 Å². The van der Waals surface area contributed by atoms with E-state index in [4.69, 9.17) is 5.73 Å². The molecule has 1 aromatic rings. The first kappa shape index (κ1) is 11.5. The number of carbonyl (C=O) groups is 1. The van der Waals surface area contributed by atoms with E-state index in [0.717, 1.165) is 10.7 Å². The summed E-state index contributed by atoms with van der Waals surface area (Å²) in [4.78, 5) is 17.8. The lowest BCUT2D eigenvalue weighted by Gasteiger charge is -2.20. The molecule has 1 aliphatic heterocycles. The average molecular weight is 239 g/mol. The Morgan fingerprint density at radius 3 is 2.75 bits per heavy atom. The van der Waals surface area contributed by atoms with E-state index in [1.807, 2.05) is 5.38 Å². The molecular weight excluding hydrogens is 222 g/mol. The van der Waals surface area contributed by atoms with Gasteiger partial charge in [0.05, 0.1) is 16.7 Å². The van der Waals surface area contributed by atoms with Crippen LogP contribution in [0.3, 0.4) is 0 Å².